The summed E-state index contributed by atoms with van der Waals surface area (Å²) < 4.78 is 5.18. The fraction of sp³-hybridized carbons (Fsp3) is 0.278. The van der Waals surface area contributed by atoms with E-state index in [1.165, 1.54) is 22.9 Å². The van der Waals surface area contributed by atoms with Crippen molar-refractivity contribution in [2.45, 2.75) is 24.5 Å². The largest absolute Gasteiger partial charge is 0.497 e. The molecule has 1 aliphatic rings. The minimum Gasteiger partial charge on any atom is -0.497 e. The molecule has 0 unspecified atom stereocenters. The Kier molecular flexibility index (Phi) is 6.97. The minimum atomic E-state index is 0. The molecule has 2 aromatic rings. The number of ether oxygens (including phenoxy) is 1. The highest BCUT2D eigenvalue weighted by molar-refractivity contribution is 8.00. The Morgan fingerprint density at radius 3 is 2.88 bits per heavy atom. The van der Waals surface area contributed by atoms with E-state index >= 15 is 0 Å². The number of carbonyl (C=O) groups is 1. The van der Waals surface area contributed by atoms with Crippen LogP contribution < -0.4 is 15.4 Å². The lowest BCUT2D eigenvalue weighted by atomic mass is 10.1. The number of hydrogen-bond donors (Lipinski definition) is 2. The van der Waals surface area contributed by atoms with Gasteiger partial charge in [-0.2, -0.15) is 0 Å². The van der Waals surface area contributed by atoms with Gasteiger partial charge in [0.1, 0.15) is 5.75 Å². The topological polar surface area (TPSA) is 50.4 Å². The Hall–Kier alpha value is -1.69. The first-order valence-corrected chi connectivity index (χ1v) is 8.58. The van der Waals surface area contributed by atoms with Crippen LogP contribution in [0.25, 0.3) is 0 Å². The number of benzene rings is 2. The molecule has 1 aliphatic heterocycles. The summed E-state index contributed by atoms with van der Waals surface area (Å²) in [6.45, 7) is 2.44. The number of carbonyl (C=O) groups excluding carboxylic acids is 1. The predicted octanol–water partition coefficient (Wildman–Crippen LogP) is 3.13. The molecule has 2 N–H and O–H groups in total. The molecule has 0 aliphatic carbocycles. The van der Waals surface area contributed by atoms with E-state index in [2.05, 4.69) is 28.8 Å². The first kappa shape index (κ1) is 18.6. The lowest BCUT2D eigenvalue weighted by Gasteiger charge is -2.08. The summed E-state index contributed by atoms with van der Waals surface area (Å²) in [5.41, 5.74) is 3.84. The summed E-state index contributed by atoms with van der Waals surface area (Å²) in [5, 5.41) is 6.30. The van der Waals surface area contributed by atoms with E-state index in [4.69, 9.17) is 4.74 Å². The van der Waals surface area contributed by atoms with Crippen LogP contribution in [0, 0.1) is 0 Å². The Bertz CT molecular complexity index is 709. The van der Waals surface area contributed by atoms with Crippen molar-refractivity contribution in [3.8, 4) is 5.75 Å². The highest BCUT2D eigenvalue weighted by atomic mass is 35.5. The molecule has 0 atom stereocenters. The predicted molar refractivity (Wildman–Crippen MR) is 99.8 cm³/mol. The maximum absolute atomic E-state index is 12.0. The van der Waals surface area contributed by atoms with Crippen LogP contribution in [0.4, 0.5) is 0 Å². The zero-order chi connectivity index (χ0) is 16.1. The third kappa shape index (κ3) is 4.90. The highest BCUT2D eigenvalue weighted by Crippen LogP contribution is 2.22. The van der Waals surface area contributed by atoms with Crippen LogP contribution >= 0.6 is 24.2 Å². The van der Waals surface area contributed by atoms with Crippen LogP contribution in [0.15, 0.2) is 47.4 Å². The van der Waals surface area contributed by atoms with Crippen molar-refractivity contribution in [1.82, 2.24) is 10.6 Å². The van der Waals surface area contributed by atoms with E-state index in [9.17, 15) is 4.79 Å². The number of rotatable bonds is 6. The Balaban J connectivity index is 0.00000208. The van der Waals surface area contributed by atoms with Crippen LogP contribution in [-0.2, 0) is 24.4 Å². The van der Waals surface area contributed by atoms with E-state index in [1.807, 2.05) is 24.3 Å². The molecule has 4 nitrogen and oxygen atoms in total. The van der Waals surface area contributed by atoms with Gasteiger partial charge in [0.05, 0.1) is 12.9 Å². The lowest BCUT2D eigenvalue weighted by Crippen LogP contribution is -2.24. The molecule has 0 aromatic heterocycles. The van der Waals surface area contributed by atoms with Crippen molar-refractivity contribution >= 4 is 30.1 Å². The molecular weight excluding hydrogens is 344 g/mol. The first-order chi connectivity index (χ1) is 11.2. The number of nitrogens with one attached hydrogen (secondary N) is 2. The van der Waals surface area contributed by atoms with Crippen molar-refractivity contribution in [2.24, 2.45) is 0 Å². The van der Waals surface area contributed by atoms with Gasteiger partial charge >= 0.3 is 0 Å². The van der Waals surface area contributed by atoms with Crippen molar-refractivity contribution < 1.29 is 9.53 Å². The normalized spacial score (nSPS) is 12.2. The maximum atomic E-state index is 12.0. The molecule has 1 amide bonds. The van der Waals surface area contributed by atoms with Gasteiger partial charge in [-0.15, -0.1) is 24.2 Å². The summed E-state index contributed by atoms with van der Waals surface area (Å²) in [6, 6.07) is 14.1. The van der Waals surface area contributed by atoms with Crippen molar-refractivity contribution in [1.29, 1.82) is 0 Å². The maximum Gasteiger partial charge on any atom is 0.230 e. The SMILES string of the molecule is COc1cccc(SCC(=O)NCc2ccc3c(c2)CNC3)c1.Cl. The summed E-state index contributed by atoms with van der Waals surface area (Å²) >= 11 is 1.51. The molecule has 1 heterocycles. The Morgan fingerprint density at radius 1 is 1.21 bits per heavy atom. The van der Waals surface area contributed by atoms with E-state index in [-0.39, 0.29) is 18.3 Å². The van der Waals surface area contributed by atoms with Crippen LogP contribution in [0.3, 0.4) is 0 Å². The van der Waals surface area contributed by atoms with Gasteiger partial charge in [-0.1, -0.05) is 24.3 Å². The second-order valence-corrected chi connectivity index (χ2v) is 6.50. The molecule has 0 fully saturated rings. The standard InChI is InChI=1S/C18H20N2O2S.ClH/c1-22-16-3-2-4-17(8-16)23-12-18(21)20-9-13-5-6-14-10-19-11-15(14)7-13;/h2-8,19H,9-12H2,1H3,(H,20,21);1H. The van der Waals surface area contributed by atoms with Gasteiger partial charge in [-0.25, -0.2) is 0 Å². The quantitative estimate of drug-likeness (QED) is 0.773. The molecular formula is C18H21ClN2O2S. The molecule has 0 saturated carbocycles. The molecule has 3 rings (SSSR count). The van der Waals surface area contributed by atoms with Crippen LogP contribution in [0.1, 0.15) is 16.7 Å². The monoisotopic (exact) mass is 364 g/mol. The van der Waals surface area contributed by atoms with Gasteiger partial charge in [0.2, 0.25) is 5.91 Å². The van der Waals surface area contributed by atoms with Gasteiger partial charge in [0.25, 0.3) is 0 Å². The first-order valence-electron chi connectivity index (χ1n) is 7.59. The number of amides is 1. The number of halogens is 1. The minimum absolute atomic E-state index is 0. The van der Waals surface area contributed by atoms with Gasteiger partial charge in [-0.05, 0) is 34.9 Å². The van der Waals surface area contributed by atoms with Crippen LogP contribution in [-0.4, -0.2) is 18.8 Å². The van der Waals surface area contributed by atoms with E-state index in [1.54, 1.807) is 7.11 Å². The third-order valence-corrected chi connectivity index (χ3v) is 4.80. The van der Waals surface area contributed by atoms with E-state index in [0.29, 0.717) is 12.3 Å². The van der Waals surface area contributed by atoms with Gasteiger partial charge in [0.15, 0.2) is 0 Å². The highest BCUT2D eigenvalue weighted by Gasteiger charge is 2.10. The molecule has 0 spiro atoms. The number of hydrogen-bond acceptors (Lipinski definition) is 4. The van der Waals surface area contributed by atoms with Crippen molar-refractivity contribution in [2.75, 3.05) is 12.9 Å². The fourth-order valence-corrected chi connectivity index (χ4v) is 3.32. The molecule has 6 heteroatoms. The summed E-state index contributed by atoms with van der Waals surface area (Å²) in [4.78, 5) is 13.0. The second kappa shape index (κ2) is 8.97. The Labute approximate surface area is 152 Å². The molecule has 128 valence electrons. The van der Waals surface area contributed by atoms with Crippen molar-refractivity contribution in [3.05, 3.63) is 59.2 Å². The summed E-state index contributed by atoms with van der Waals surface area (Å²) in [5.74, 6) is 1.25. The smallest absolute Gasteiger partial charge is 0.230 e. The van der Waals surface area contributed by atoms with E-state index < -0.39 is 0 Å². The molecule has 2 aromatic carbocycles. The second-order valence-electron chi connectivity index (χ2n) is 5.45. The molecule has 0 bridgehead atoms. The number of methoxy groups -OCH3 is 1. The molecule has 0 saturated heterocycles. The zero-order valence-corrected chi connectivity index (χ0v) is 15.1. The van der Waals surface area contributed by atoms with Crippen LogP contribution in [0.5, 0.6) is 5.75 Å². The number of fused-ring (bicyclic) bond motifs is 1. The molecule has 24 heavy (non-hydrogen) atoms. The van der Waals surface area contributed by atoms with Crippen molar-refractivity contribution in [3.63, 3.8) is 0 Å². The molecule has 0 radical (unpaired) electrons. The zero-order valence-electron chi connectivity index (χ0n) is 13.5. The van der Waals surface area contributed by atoms with E-state index in [0.717, 1.165) is 29.3 Å². The number of thioether (sulfide) groups is 1. The lowest BCUT2D eigenvalue weighted by molar-refractivity contribution is -0.118. The van der Waals surface area contributed by atoms with Gasteiger partial charge < -0.3 is 15.4 Å². The average molecular weight is 365 g/mol. The summed E-state index contributed by atoms with van der Waals surface area (Å²) in [7, 11) is 1.64. The third-order valence-electron chi connectivity index (χ3n) is 3.80. The fourth-order valence-electron chi connectivity index (χ4n) is 2.55. The average Bonchev–Trinajstić information content (AvgIpc) is 3.06. The van der Waals surface area contributed by atoms with Gasteiger partial charge in [-0.3, -0.25) is 4.79 Å². The Morgan fingerprint density at radius 2 is 2.04 bits per heavy atom. The van der Waals surface area contributed by atoms with Gasteiger partial charge in [0, 0.05) is 24.5 Å². The summed E-state index contributed by atoms with van der Waals surface area (Å²) in [6.07, 6.45) is 0. The van der Waals surface area contributed by atoms with Crippen LogP contribution in [0.2, 0.25) is 0 Å².